The van der Waals surface area contributed by atoms with Gasteiger partial charge in [0.05, 0.1) is 27.8 Å². The van der Waals surface area contributed by atoms with E-state index in [4.69, 9.17) is 4.74 Å². The fourth-order valence-electron chi connectivity index (χ4n) is 3.15. The lowest BCUT2D eigenvalue weighted by Gasteiger charge is -2.24. The van der Waals surface area contributed by atoms with Crippen molar-refractivity contribution in [3.63, 3.8) is 0 Å². The zero-order valence-corrected chi connectivity index (χ0v) is 20.1. The Balaban J connectivity index is 2.37. The Labute approximate surface area is 188 Å². The van der Waals surface area contributed by atoms with E-state index in [-0.39, 0.29) is 22.0 Å². The Morgan fingerprint density at radius 3 is 2.25 bits per heavy atom. The van der Waals surface area contributed by atoms with Gasteiger partial charge in [-0.3, -0.25) is 14.8 Å². The van der Waals surface area contributed by atoms with Gasteiger partial charge in [-0.2, -0.15) is 5.10 Å². The molecule has 0 aliphatic rings. The second-order valence-electron chi connectivity index (χ2n) is 8.31. The first-order valence-electron chi connectivity index (χ1n) is 10.3. The lowest BCUT2D eigenvalue weighted by molar-refractivity contribution is -0.384. The van der Waals surface area contributed by atoms with Gasteiger partial charge in [-0.1, -0.05) is 13.8 Å². The monoisotopic (exact) mass is 466 g/mol. The fraction of sp³-hybridized carbons (Fsp3) is 0.524. The summed E-state index contributed by atoms with van der Waals surface area (Å²) in [6.07, 6.45) is 0.325. The molecule has 1 aromatic heterocycles. The number of nitro benzene ring substituents is 1. The molecule has 32 heavy (non-hydrogen) atoms. The third kappa shape index (κ3) is 5.64. The van der Waals surface area contributed by atoms with Gasteiger partial charge in [0.2, 0.25) is 9.84 Å². The molecule has 0 atom stereocenters. The zero-order chi connectivity index (χ0) is 24.3. The average Bonchev–Trinajstić information content (AvgIpc) is 3.09. The van der Waals surface area contributed by atoms with Crippen LogP contribution in [0.4, 0.5) is 10.5 Å². The van der Waals surface area contributed by atoms with E-state index < -0.39 is 26.5 Å². The highest BCUT2D eigenvalue weighted by molar-refractivity contribution is 7.91. The normalized spacial score (nSPS) is 11.9. The molecule has 11 heteroatoms. The van der Waals surface area contributed by atoms with Gasteiger partial charge in [-0.05, 0) is 45.7 Å². The molecule has 0 spiro atoms. The predicted molar refractivity (Wildman–Crippen MR) is 118 cm³/mol. The van der Waals surface area contributed by atoms with Crippen molar-refractivity contribution in [1.82, 2.24) is 14.7 Å². The number of benzene rings is 1. The van der Waals surface area contributed by atoms with Crippen LogP contribution in [0.5, 0.6) is 0 Å². The summed E-state index contributed by atoms with van der Waals surface area (Å²) >= 11 is 0. The molecule has 2 rings (SSSR count). The Morgan fingerprint density at radius 2 is 1.78 bits per heavy atom. The summed E-state index contributed by atoms with van der Waals surface area (Å²) in [5, 5.41) is 15.4. The molecule has 0 fully saturated rings. The summed E-state index contributed by atoms with van der Waals surface area (Å²) in [6, 6.07) is 4.81. The predicted octanol–water partition coefficient (Wildman–Crippen LogP) is 3.62. The number of hydrogen-bond acceptors (Lipinski definition) is 7. The number of carbonyl (C=O) groups is 1. The van der Waals surface area contributed by atoms with E-state index in [0.29, 0.717) is 30.8 Å². The van der Waals surface area contributed by atoms with Crippen LogP contribution >= 0.6 is 0 Å². The zero-order valence-electron chi connectivity index (χ0n) is 19.3. The first-order chi connectivity index (χ1) is 14.8. The number of rotatable bonds is 8. The SMILES string of the molecule is CCc1nn(CCN(C)C(=O)OC(C)(C)C)c(CC)c1S(=O)(=O)c1ccc([N+](=O)[O-])cc1. The van der Waals surface area contributed by atoms with Crippen molar-refractivity contribution in [3.8, 4) is 0 Å². The van der Waals surface area contributed by atoms with Crippen molar-refractivity contribution in [2.24, 2.45) is 0 Å². The minimum atomic E-state index is -3.94. The van der Waals surface area contributed by atoms with Gasteiger partial charge in [-0.25, -0.2) is 13.2 Å². The van der Waals surface area contributed by atoms with Gasteiger partial charge in [0.1, 0.15) is 10.5 Å². The van der Waals surface area contributed by atoms with Crippen molar-refractivity contribution >= 4 is 21.6 Å². The van der Waals surface area contributed by atoms with Crippen LogP contribution in [0.25, 0.3) is 0 Å². The van der Waals surface area contributed by atoms with E-state index in [1.54, 1.807) is 32.5 Å². The maximum atomic E-state index is 13.4. The topological polar surface area (TPSA) is 125 Å². The molecule has 0 aliphatic carbocycles. The highest BCUT2D eigenvalue weighted by Gasteiger charge is 2.29. The summed E-state index contributed by atoms with van der Waals surface area (Å²) in [6.45, 7) is 9.57. The van der Waals surface area contributed by atoms with Gasteiger partial charge in [0.15, 0.2) is 0 Å². The largest absolute Gasteiger partial charge is 0.444 e. The molecule has 0 bridgehead atoms. The van der Waals surface area contributed by atoms with Gasteiger partial charge in [0.25, 0.3) is 5.69 Å². The molecule has 1 heterocycles. The summed E-state index contributed by atoms with van der Waals surface area (Å²) in [7, 11) is -2.33. The first kappa shape index (κ1) is 25.3. The van der Waals surface area contributed by atoms with Crippen molar-refractivity contribution in [1.29, 1.82) is 0 Å². The maximum absolute atomic E-state index is 13.4. The van der Waals surface area contributed by atoms with E-state index in [2.05, 4.69) is 5.10 Å². The van der Waals surface area contributed by atoms with Crippen molar-refractivity contribution < 1.29 is 22.9 Å². The molecule has 2 aromatic rings. The van der Waals surface area contributed by atoms with Crippen LogP contribution in [0.15, 0.2) is 34.1 Å². The number of sulfone groups is 1. The number of aromatic nitrogens is 2. The smallest absolute Gasteiger partial charge is 0.410 e. The summed E-state index contributed by atoms with van der Waals surface area (Å²) < 4.78 is 33.7. The van der Waals surface area contributed by atoms with Crippen molar-refractivity contribution in [2.75, 3.05) is 13.6 Å². The second kappa shape index (κ2) is 9.68. The van der Waals surface area contributed by atoms with E-state index in [9.17, 15) is 23.3 Å². The number of ether oxygens (including phenoxy) is 1. The van der Waals surface area contributed by atoms with Gasteiger partial charge >= 0.3 is 6.09 Å². The fourth-order valence-corrected chi connectivity index (χ4v) is 4.93. The number of amides is 1. The highest BCUT2D eigenvalue weighted by atomic mass is 32.2. The maximum Gasteiger partial charge on any atom is 0.410 e. The van der Waals surface area contributed by atoms with Crippen LogP contribution in [0.3, 0.4) is 0 Å². The van der Waals surface area contributed by atoms with Crippen LogP contribution in [0, 0.1) is 10.1 Å². The summed E-state index contributed by atoms with van der Waals surface area (Å²) in [5.74, 6) is 0. The lowest BCUT2D eigenvalue weighted by atomic mass is 10.2. The van der Waals surface area contributed by atoms with Crippen LogP contribution < -0.4 is 0 Å². The molecule has 0 saturated carbocycles. The molecule has 1 amide bonds. The average molecular weight is 467 g/mol. The minimum Gasteiger partial charge on any atom is -0.444 e. The molecule has 1 aromatic carbocycles. The molecular formula is C21H30N4O6S. The third-order valence-electron chi connectivity index (χ3n) is 4.73. The number of non-ortho nitro benzene ring substituents is 1. The molecular weight excluding hydrogens is 436 g/mol. The molecule has 10 nitrogen and oxygen atoms in total. The standard InChI is InChI=1S/C21H30N4O6S/c1-7-17-19(32(29,30)16-11-9-15(10-12-16)25(27)28)18(8-2)24(22-17)14-13-23(6)20(26)31-21(3,4)5/h9-12H,7-8,13-14H2,1-6H3. The van der Waals surface area contributed by atoms with Crippen LogP contribution in [0.1, 0.15) is 46.0 Å². The van der Waals surface area contributed by atoms with E-state index in [0.717, 1.165) is 0 Å². The van der Waals surface area contributed by atoms with Gasteiger partial charge in [0, 0.05) is 25.7 Å². The number of hydrogen-bond donors (Lipinski definition) is 0. The molecule has 0 saturated heterocycles. The third-order valence-corrected chi connectivity index (χ3v) is 6.63. The highest BCUT2D eigenvalue weighted by Crippen LogP contribution is 2.29. The number of nitro groups is 1. The Bertz CT molecular complexity index is 1080. The number of carbonyl (C=O) groups excluding carboxylic acids is 1. The van der Waals surface area contributed by atoms with Gasteiger partial charge in [-0.15, -0.1) is 0 Å². The summed E-state index contributed by atoms with van der Waals surface area (Å²) in [4.78, 5) is 24.0. The minimum absolute atomic E-state index is 0.0297. The number of aryl methyl sites for hydroxylation is 1. The molecule has 0 N–H and O–H groups in total. The van der Waals surface area contributed by atoms with E-state index >= 15 is 0 Å². The second-order valence-corrected chi connectivity index (χ2v) is 10.2. The van der Waals surface area contributed by atoms with Gasteiger partial charge < -0.3 is 9.64 Å². The Hall–Kier alpha value is -2.95. The Morgan fingerprint density at radius 1 is 1.19 bits per heavy atom. The number of likely N-dealkylation sites (N-methyl/N-ethyl adjacent to an activating group) is 1. The van der Waals surface area contributed by atoms with Crippen molar-refractivity contribution in [2.45, 2.75) is 69.4 Å². The van der Waals surface area contributed by atoms with Crippen LogP contribution in [-0.4, -0.2) is 53.3 Å². The lowest BCUT2D eigenvalue weighted by Crippen LogP contribution is -2.36. The van der Waals surface area contributed by atoms with E-state index in [1.165, 1.54) is 29.2 Å². The van der Waals surface area contributed by atoms with Crippen LogP contribution in [0.2, 0.25) is 0 Å². The molecule has 0 unspecified atom stereocenters. The quantitative estimate of drug-likeness (QED) is 0.430. The first-order valence-corrected chi connectivity index (χ1v) is 11.8. The number of nitrogens with zero attached hydrogens (tertiary/aromatic N) is 4. The summed E-state index contributed by atoms with van der Waals surface area (Å²) in [5.41, 5.74) is 0.140. The molecule has 176 valence electrons. The Kier molecular flexibility index (Phi) is 7.66. The molecule has 0 radical (unpaired) electrons. The van der Waals surface area contributed by atoms with E-state index in [1.807, 2.05) is 13.8 Å². The molecule has 0 aliphatic heterocycles. The van der Waals surface area contributed by atoms with Crippen LogP contribution in [-0.2, 0) is 34.0 Å². The van der Waals surface area contributed by atoms with Crippen molar-refractivity contribution in [3.05, 3.63) is 45.8 Å².